The third-order valence-corrected chi connectivity index (χ3v) is 3.80. The van der Waals surface area contributed by atoms with Crippen molar-refractivity contribution in [2.24, 2.45) is 0 Å². The average Bonchev–Trinajstić information content (AvgIpc) is 2.37. The number of sulfonamides is 1. The number of anilines is 1. The van der Waals surface area contributed by atoms with E-state index in [9.17, 15) is 13.5 Å². The second kappa shape index (κ2) is 6.71. The van der Waals surface area contributed by atoms with E-state index in [4.69, 9.17) is 15.2 Å². The fourth-order valence-electron chi connectivity index (χ4n) is 1.42. The second-order valence-corrected chi connectivity index (χ2v) is 5.63. The molecule has 1 aromatic carbocycles. The fraction of sp³-hybridized carbons (Fsp3) is 0.455. The lowest BCUT2D eigenvalue weighted by Gasteiger charge is -2.12. The number of rotatable bonds is 7. The van der Waals surface area contributed by atoms with Crippen LogP contribution < -0.4 is 15.2 Å². The summed E-state index contributed by atoms with van der Waals surface area (Å²) in [5.41, 5.74) is 5.87. The number of hydrogen-bond acceptors (Lipinski definition) is 6. The van der Waals surface area contributed by atoms with Gasteiger partial charge in [0.25, 0.3) is 0 Å². The van der Waals surface area contributed by atoms with Crippen LogP contribution in [0.15, 0.2) is 23.1 Å². The van der Waals surface area contributed by atoms with Crippen molar-refractivity contribution >= 4 is 15.7 Å². The van der Waals surface area contributed by atoms with E-state index in [0.29, 0.717) is 5.75 Å². The maximum Gasteiger partial charge on any atom is 0.240 e. The Morgan fingerprint density at radius 2 is 2.11 bits per heavy atom. The highest BCUT2D eigenvalue weighted by molar-refractivity contribution is 7.89. The first kappa shape index (κ1) is 15.7. The quantitative estimate of drug-likeness (QED) is 0.587. The molecule has 4 N–H and O–H groups in total. The van der Waals surface area contributed by atoms with Gasteiger partial charge in [-0.15, -0.1) is 0 Å². The Hall–Kier alpha value is -1.35. The van der Waals surface area contributed by atoms with Gasteiger partial charge in [0.2, 0.25) is 10.0 Å². The van der Waals surface area contributed by atoms with Crippen molar-refractivity contribution in [3.05, 3.63) is 18.2 Å². The van der Waals surface area contributed by atoms with Crippen molar-refractivity contribution in [1.29, 1.82) is 0 Å². The molecule has 7 nitrogen and oxygen atoms in total. The van der Waals surface area contributed by atoms with Crippen LogP contribution in [0.1, 0.15) is 0 Å². The molecule has 0 bridgehead atoms. The van der Waals surface area contributed by atoms with Crippen molar-refractivity contribution in [2.75, 3.05) is 33.1 Å². The van der Waals surface area contributed by atoms with Crippen LogP contribution in [-0.4, -0.2) is 47.0 Å². The van der Waals surface area contributed by atoms with Crippen LogP contribution in [0.25, 0.3) is 0 Å². The summed E-state index contributed by atoms with van der Waals surface area (Å²) >= 11 is 0. The van der Waals surface area contributed by atoms with E-state index < -0.39 is 16.1 Å². The molecular weight excluding hydrogens is 272 g/mol. The third-order valence-electron chi connectivity index (χ3n) is 2.38. The molecule has 0 saturated heterocycles. The average molecular weight is 290 g/mol. The first-order valence-corrected chi connectivity index (χ1v) is 6.99. The molecule has 1 rings (SSSR count). The van der Waals surface area contributed by atoms with Crippen molar-refractivity contribution < 1.29 is 23.0 Å². The van der Waals surface area contributed by atoms with Crippen LogP contribution in [0.4, 0.5) is 5.69 Å². The maximum atomic E-state index is 11.9. The molecule has 1 aromatic rings. The zero-order valence-electron chi connectivity index (χ0n) is 10.8. The molecule has 0 aliphatic carbocycles. The van der Waals surface area contributed by atoms with Gasteiger partial charge >= 0.3 is 0 Å². The molecule has 19 heavy (non-hydrogen) atoms. The predicted octanol–water partition coefficient (Wildman–Crippen LogP) is -0.437. The monoisotopic (exact) mass is 290 g/mol. The summed E-state index contributed by atoms with van der Waals surface area (Å²) in [6, 6.07) is 4.14. The number of aliphatic hydroxyl groups excluding tert-OH is 1. The van der Waals surface area contributed by atoms with E-state index in [1.54, 1.807) is 0 Å². The van der Waals surface area contributed by atoms with Crippen molar-refractivity contribution in [2.45, 2.75) is 11.0 Å². The lowest BCUT2D eigenvalue weighted by atomic mass is 10.3. The molecule has 8 heteroatoms. The molecule has 0 aliphatic rings. The summed E-state index contributed by atoms with van der Waals surface area (Å²) in [6.07, 6.45) is -0.907. The number of hydrogen-bond donors (Lipinski definition) is 3. The van der Waals surface area contributed by atoms with Crippen molar-refractivity contribution in [3.63, 3.8) is 0 Å². The lowest BCUT2D eigenvalue weighted by Crippen LogP contribution is -2.34. The minimum absolute atomic E-state index is 0.00965. The van der Waals surface area contributed by atoms with E-state index in [2.05, 4.69) is 4.72 Å². The zero-order valence-corrected chi connectivity index (χ0v) is 11.6. The normalized spacial score (nSPS) is 13.2. The van der Waals surface area contributed by atoms with E-state index in [0.717, 1.165) is 0 Å². The molecule has 108 valence electrons. The van der Waals surface area contributed by atoms with Gasteiger partial charge < -0.3 is 20.3 Å². The summed E-state index contributed by atoms with van der Waals surface area (Å²) in [4.78, 5) is 0.00965. The molecular formula is C11H18N2O5S. The van der Waals surface area contributed by atoms with Crippen LogP contribution in [0.5, 0.6) is 5.75 Å². The van der Waals surface area contributed by atoms with Gasteiger partial charge in [-0.05, 0) is 18.2 Å². The Morgan fingerprint density at radius 1 is 1.42 bits per heavy atom. The molecule has 0 fully saturated rings. The number of ether oxygens (including phenoxy) is 2. The standard InChI is InChI=1S/C11H18N2O5S/c1-17-7-8(14)6-13-19(15,16)9-3-4-11(18-2)10(12)5-9/h3-5,8,13-14H,6-7,12H2,1-2H3. The minimum Gasteiger partial charge on any atom is -0.495 e. The Labute approximate surface area is 112 Å². The number of methoxy groups -OCH3 is 2. The maximum absolute atomic E-state index is 11.9. The third kappa shape index (κ3) is 4.35. The smallest absolute Gasteiger partial charge is 0.240 e. The molecule has 1 atom stereocenters. The van der Waals surface area contributed by atoms with E-state index in [-0.39, 0.29) is 23.7 Å². The number of benzene rings is 1. The van der Waals surface area contributed by atoms with Gasteiger partial charge in [-0.1, -0.05) is 0 Å². The van der Waals surface area contributed by atoms with E-state index in [1.165, 1.54) is 32.4 Å². The first-order chi connectivity index (χ1) is 8.90. The molecule has 0 aliphatic heterocycles. The summed E-state index contributed by atoms with van der Waals surface area (Å²) in [5.74, 6) is 0.401. The minimum atomic E-state index is -3.72. The van der Waals surface area contributed by atoms with Gasteiger partial charge in [-0.2, -0.15) is 0 Å². The van der Waals surface area contributed by atoms with Crippen LogP contribution in [0, 0.1) is 0 Å². The highest BCUT2D eigenvalue weighted by Gasteiger charge is 2.17. The molecule has 0 spiro atoms. The van der Waals surface area contributed by atoms with Gasteiger partial charge in [0, 0.05) is 13.7 Å². The lowest BCUT2D eigenvalue weighted by molar-refractivity contribution is 0.0679. The van der Waals surface area contributed by atoms with Gasteiger partial charge in [-0.25, -0.2) is 13.1 Å². The van der Waals surface area contributed by atoms with Crippen LogP contribution in [-0.2, 0) is 14.8 Å². The molecule has 0 saturated carbocycles. The van der Waals surface area contributed by atoms with Gasteiger partial charge in [0.05, 0.1) is 30.4 Å². The Kier molecular flexibility index (Phi) is 5.55. The SMILES string of the molecule is COCC(O)CNS(=O)(=O)c1ccc(OC)c(N)c1. The molecule has 0 radical (unpaired) electrons. The second-order valence-electron chi connectivity index (χ2n) is 3.86. The number of nitrogen functional groups attached to an aromatic ring is 1. The number of nitrogens with one attached hydrogen (secondary N) is 1. The summed E-state index contributed by atoms with van der Waals surface area (Å²) < 4.78 is 35.8. The number of aliphatic hydroxyl groups is 1. The Balaban J connectivity index is 2.80. The zero-order chi connectivity index (χ0) is 14.5. The molecule has 0 aromatic heterocycles. The molecule has 0 amide bonds. The molecule has 0 heterocycles. The van der Waals surface area contributed by atoms with Crippen LogP contribution in [0.2, 0.25) is 0 Å². The largest absolute Gasteiger partial charge is 0.495 e. The van der Waals surface area contributed by atoms with Gasteiger partial charge in [-0.3, -0.25) is 0 Å². The van der Waals surface area contributed by atoms with E-state index >= 15 is 0 Å². The van der Waals surface area contributed by atoms with E-state index in [1.807, 2.05) is 0 Å². The Bertz CT molecular complexity index is 518. The molecule has 1 unspecified atom stereocenters. The summed E-state index contributed by atoms with van der Waals surface area (Å²) in [6.45, 7) is -0.0879. The van der Waals surface area contributed by atoms with Crippen LogP contribution >= 0.6 is 0 Å². The summed E-state index contributed by atoms with van der Waals surface area (Å²) in [5, 5.41) is 9.40. The van der Waals surface area contributed by atoms with Crippen LogP contribution in [0.3, 0.4) is 0 Å². The van der Waals surface area contributed by atoms with Crippen molar-refractivity contribution in [3.8, 4) is 5.75 Å². The highest BCUT2D eigenvalue weighted by Crippen LogP contribution is 2.24. The topological polar surface area (TPSA) is 111 Å². The van der Waals surface area contributed by atoms with Crippen molar-refractivity contribution in [1.82, 2.24) is 4.72 Å². The van der Waals surface area contributed by atoms with Gasteiger partial charge in [0.1, 0.15) is 5.75 Å². The van der Waals surface area contributed by atoms with Gasteiger partial charge in [0.15, 0.2) is 0 Å². The predicted molar refractivity (Wildman–Crippen MR) is 70.5 cm³/mol. The number of nitrogens with two attached hydrogens (primary N) is 1. The highest BCUT2D eigenvalue weighted by atomic mass is 32.2. The fourth-order valence-corrected chi connectivity index (χ4v) is 2.53. The summed E-state index contributed by atoms with van der Waals surface area (Å²) in [7, 11) is -0.860. The first-order valence-electron chi connectivity index (χ1n) is 5.51. The Morgan fingerprint density at radius 3 is 2.63 bits per heavy atom.